The van der Waals surface area contributed by atoms with Gasteiger partial charge >= 0.3 is 5.97 Å². The molecule has 0 saturated carbocycles. The second kappa shape index (κ2) is 4.77. The summed E-state index contributed by atoms with van der Waals surface area (Å²) < 4.78 is 0.955. The van der Waals surface area contributed by atoms with Crippen LogP contribution in [0.25, 0.3) is 5.70 Å². The third-order valence-electron chi connectivity index (χ3n) is 3.37. The van der Waals surface area contributed by atoms with Crippen molar-refractivity contribution in [2.75, 3.05) is 6.54 Å². The second-order valence-corrected chi connectivity index (χ2v) is 4.61. The van der Waals surface area contributed by atoms with E-state index < -0.39 is 12.0 Å². The Morgan fingerprint density at radius 1 is 1.30 bits per heavy atom. The van der Waals surface area contributed by atoms with Gasteiger partial charge in [0, 0.05) is 15.7 Å². The molecule has 3 rings (SSSR count). The van der Waals surface area contributed by atoms with Gasteiger partial charge in [-0.05, 0) is 18.2 Å². The zero-order chi connectivity index (χ0) is 14.1. The average molecular weight is 269 g/mol. The van der Waals surface area contributed by atoms with Gasteiger partial charge in [-0.25, -0.2) is 0 Å². The third kappa shape index (κ3) is 1.93. The van der Waals surface area contributed by atoms with Gasteiger partial charge in [-0.3, -0.25) is 4.79 Å². The van der Waals surface area contributed by atoms with E-state index in [9.17, 15) is 9.70 Å². The highest BCUT2D eigenvalue weighted by Crippen LogP contribution is 2.37. The van der Waals surface area contributed by atoms with Gasteiger partial charge in [0.25, 0.3) is 11.7 Å². The van der Waals surface area contributed by atoms with E-state index in [1.54, 1.807) is 18.2 Å². The Kier molecular flexibility index (Phi) is 2.95. The van der Waals surface area contributed by atoms with Crippen molar-refractivity contribution in [1.29, 1.82) is 0 Å². The topological polar surface area (TPSA) is 69.4 Å². The van der Waals surface area contributed by atoms with Crippen LogP contribution in [0.5, 0.6) is 0 Å². The number of rotatable bonds is 3. The zero-order valence-corrected chi connectivity index (χ0v) is 10.6. The zero-order valence-electron chi connectivity index (χ0n) is 10.6. The van der Waals surface area contributed by atoms with Crippen LogP contribution in [0.15, 0.2) is 54.1 Å². The molecule has 1 atom stereocenters. The quantitative estimate of drug-likeness (QED) is 0.823. The Bertz CT molecular complexity index is 686. The number of nitrogens with zero attached hydrogens (tertiary/aromatic N) is 1. The summed E-state index contributed by atoms with van der Waals surface area (Å²) >= 11 is 0. The van der Waals surface area contributed by atoms with Crippen molar-refractivity contribution in [3.05, 3.63) is 64.6 Å². The number of nitrogens with one attached hydrogen (secondary N) is 1. The molecule has 1 unspecified atom stereocenters. The molecule has 0 bridgehead atoms. The Morgan fingerprint density at radius 2 is 2.10 bits per heavy atom. The number of para-hydroxylation sites is 1. The minimum atomic E-state index is -0.938. The molecule has 0 saturated heterocycles. The number of carboxylic acid groups (broad SMARTS) is 1. The lowest BCUT2D eigenvalue weighted by Crippen LogP contribution is -2.32. The Morgan fingerprint density at radius 3 is 2.90 bits per heavy atom. The van der Waals surface area contributed by atoms with Gasteiger partial charge in [0.2, 0.25) is 0 Å². The first-order valence-electron chi connectivity index (χ1n) is 6.29. The molecule has 20 heavy (non-hydrogen) atoms. The highest BCUT2D eigenvalue weighted by atomic mass is 16.4. The van der Waals surface area contributed by atoms with Crippen LogP contribution in [0.2, 0.25) is 0 Å². The number of nitroso groups, excluding NO2 is 1. The molecule has 0 radical (unpaired) electrons. The van der Waals surface area contributed by atoms with Crippen LogP contribution in [0.1, 0.15) is 5.56 Å². The molecule has 1 aromatic rings. The number of carboxylic acids is 1. The molecular formula is C15H13N2O3+. The first-order chi connectivity index (χ1) is 9.68. The molecule has 0 spiro atoms. The highest BCUT2D eigenvalue weighted by Gasteiger charge is 2.39. The van der Waals surface area contributed by atoms with Crippen molar-refractivity contribution in [3.63, 3.8) is 0 Å². The van der Waals surface area contributed by atoms with Crippen LogP contribution in [-0.2, 0) is 4.79 Å². The predicted molar refractivity (Wildman–Crippen MR) is 74.4 cm³/mol. The normalized spacial score (nSPS) is 19.6. The van der Waals surface area contributed by atoms with Gasteiger partial charge in [-0.2, -0.15) is 0 Å². The molecule has 0 amide bonds. The van der Waals surface area contributed by atoms with Crippen LogP contribution in [-0.4, -0.2) is 28.4 Å². The highest BCUT2D eigenvalue weighted by molar-refractivity contribution is 5.81. The average Bonchev–Trinajstić information content (AvgIpc) is 2.47. The summed E-state index contributed by atoms with van der Waals surface area (Å²) in [6.45, 7) is -0.184. The van der Waals surface area contributed by atoms with E-state index in [-0.39, 0.29) is 6.54 Å². The molecule has 0 fully saturated rings. The molecule has 0 aromatic heterocycles. The van der Waals surface area contributed by atoms with E-state index in [0.717, 1.165) is 15.9 Å². The molecule has 1 aliphatic heterocycles. The van der Waals surface area contributed by atoms with Crippen molar-refractivity contribution in [3.8, 4) is 0 Å². The lowest BCUT2D eigenvalue weighted by molar-refractivity contribution is -0.483. The first-order valence-corrected chi connectivity index (χ1v) is 6.29. The number of benzene rings is 1. The fraction of sp³-hybridized carbons (Fsp3) is 0.133. The number of carbonyl (C=O) groups is 1. The summed E-state index contributed by atoms with van der Waals surface area (Å²) in [5, 5.41) is 11.8. The van der Waals surface area contributed by atoms with Gasteiger partial charge in [0.1, 0.15) is 6.54 Å². The van der Waals surface area contributed by atoms with Gasteiger partial charge < -0.3 is 10.4 Å². The smallest absolute Gasteiger partial charge is 0.322 e. The van der Waals surface area contributed by atoms with E-state index in [2.05, 4.69) is 5.32 Å². The van der Waals surface area contributed by atoms with Crippen LogP contribution in [0.4, 0.5) is 5.69 Å². The van der Waals surface area contributed by atoms with Crippen molar-refractivity contribution in [1.82, 2.24) is 5.32 Å². The molecule has 1 aromatic carbocycles. The summed E-state index contributed by atoms with van der Waals surface area (Å²) in [7, 11) is 0. The summed E-state index contributed by atoms with van der Waals surface area (Å²) in [5.74, 6) is -0.938. The molecular weight excluding hydrogens is 256 g/mol. The van der Waals surface area contributed by atoms with Crippen molar-refractivity contribution >= 4 is 17.4 Å². The Labute approximate surface area is 115 Å². The lowest BCUT2D eigenvalue weighted by Gasteiger charge is -2.22. The molecule has 2 aliphatic rings. The van der Waals surface area contributed by atoms with Crippen molar-refractivity contribution in [2.24, 2.45) is 0 Å². The summed E-state index contributed by atoms with van der Waals surface area (Å²) in [4.78, 5) is 23.2. The van der Waals surface area contributed by atoms with E-state index in [4.69, 9.17) is 5.11 Å². The molecule has 1 aliphatic carbocycles. The van der Waals surface area contributed by atoms with Crippen LogP contribution in [0, 0.1) is 4.91 Å². The number of aliphatic carboxylic acids is 1. The fourth-order valence-electron chi connectivity index (χ4n) is 2.51. The number of hydrogen-bond donors (Lipinski definition) is 2. The fourth-order valence-corrected chi connectivity index (χ4v) is 2.51. The minimum absolute atomic E-state index is 0.184. The first kappa shape index (κ1) is 12.3. The predicted octanol–water partition coefficient (Wildman–Crippen LogP) is 1.99. The Hall–Kier alpha value is -2.69. The van der Waals surface area contributed by atoms with Crippen molar-refractivity contribution in [2.45, 2.75) is 6.04 Å². The van der Waals surface area contributed by atoms with Gasteiger partial charge in [0.05, 0.1) is 16.8 Å². The maximum Gasteiger partial charge on any atom is 0.322 e. The monoisotopic (exact) mass is 269 g/mol. The third-order valence-corrected chi connectivity index (χ3v) is 3.37. The lowest BCUT2D eigenvalue weighted by atomic mass is 9.91. The minimum Gasteiger partial charge on any atom is -0.480 e. The summed E-state index contributed by atoms with van der Waals surface area (Å²) in [5.41, 5.74) is 2.78. The number of allylic oxidation sites excluding steroid dienone is 2. The van der Waals surface area contributed by atoms with E-state index in [0.29, 0.717) is 11.4 Å². The van der Waals surface area contributed by atoms with E-state index in [1.807, 2.05) is 30.4 Å². The molecule has 5 heteroatoms. The van der Waals surface area contributed by atoms with Gasteiger partial charge in [0.15, 0.2) is 0 Å². The molecule has 1 heterocycles. The maximum absolute atomic E-state index is 12.4. The molecule has 100 valence electrons. The van der Waals surface area contributed by atoms with E-state index >= 15 is 0 Å². The second-order valence-electron chi connectivity index (χ2n) is 4.61. The maximum atomic E-state index is 12.4. The molecule has 5 nitrogen and oxygen atoms in total. The number of fused-ring (bicyclic) bond motifs is 2. The SMILES string of the molecule is O=C(O)CNC1=C2C=CC=CC2[N+](=O)c2ccccc21. The molecule has 2 N–H and O–H groups in total. The van der Waals surface area contributed by atoms with Crippen LogP contribution >= 0.6 is 0 Å². The largest absolute Gasteiger partial charge is 0.480 e. The summed E-state index contributed by atoms with van der Waals surface area (Å²) in [6.07, 6.45) is 7.31. The summed E-state index contributed by atoms with van der Waals surface area (Å²) in [6, 6.07) is 6.78. The van der Waals surface area contributed by atoms with Crippen molar-refractivity contribution < 1.29 is 14.7 Å². The van der Waals surface area contributed by atoms with Gasteiger partial charge in [-0.15, -0.1) is 0 Å². The number of hydrogen-bond acceptors (Lipinski definition) is 3. The van der Waals surface area contributed by atoms with Crippen LogP contribution in [0.3, 0.4) is 0 Å². The van der Waals surface area contributed by atoms with Crippen LogP contribution < -0.4 is 5.32 Å². The standard InChI is InChI=1S/C15H12N2O3/c18-14(19)9-16-15-10-5-1-3-7-12(10)17(20)13-8-4-2-6-11(13)15/h1-8,12,16H,9H2/p+1. The Balaban J connectivity index is 2.14. The van der Waals surface area contributed by atoms with Gasteiger partial charge in [-0.1, -0.05) is 24.3 Å². The van der Waals surface area contributed by atoms with E-state index in [1.165, 1.54) is 0 Å².